The van der Waals surface area contributed by atoms with Gasteiger partial charge in [0.15, 0.2) is 5.82 Å². The van der Waals surface area contributed by atoms with Crippen molar-refractivity contribution in [1.29, 1.82) is 0 Å². The molecule has 5 heteroatoms. The van der Waals surface area contributed by atoms with Gasteiger partial charge in [-0.25, -0.2) is 0 Å². The lowest BCUT2D eigenvalue weighted by atomic mass is 10.2. The van der Waals surface area contributed by atoms with Crippen LogP contribution in [0.15, 0.2) is 30.3 Å². The Labute approximate surface area is 92.4 Å². The third-order valence-electron chi connectivity index (χ3n) is 2.31. The highest BCUT2D eigenvalue weighted by molar-refractivity contribution is 5.69. The van der Waals surface area contributed by atoms with Crippen LogP contribution in [0.3, 0.4) is 0 Å². The number of carboxylic acid groups (broad SMARTS) is 1. The van der Waals surface area contributed by atoms with Gasteiger partial charge in [-0.3, -0.25) is 4.79 Å². The lowest BCUT2D eigenvalue weighted by molar-refractivity contribution is -0.136. The van der Waals surface area contributed by atoms with E-state index in [2.05, 4.69) is 10.2 Å². The maximum atomic E-state index is 10.6. The fraction of sp³-hybridized carbons (Fsp3) is 0.182. The van der Waals surface area contributed by atoms with Crippen LogP contribution in [-0.2, 0) is 18.3 Å². The van der Waals surface area contributed by atoms with Crippen molar-refractivity contribution in [1.82, 2.24) is 14.8 Å². The summed E-state index contributed by atoms with van der Waals surface area (Å²) in [6.07, 6.45) is -0.115. The van der Waals surface area contributed by atoms with Crippen molar-refractivity contribution in [3.8, 4) is 11.4 Å². The van der Waals surface area contributed by atoms with Crippen LogP contribution in [0.1, 0.15) is 5.82 Å². The van der Waals surface area contributed by atoms with Gasteiger partial charge in [0.1, 0.15) is 12.2 Å². The molecule has 0 radical (unpaired) electrons. The second-order valence-corrected chi connectivity index (χ2v) is 3.44. The molecule has 0 fully saturated rings. The molecular formula is C11H11N3O2. The lowest BCUT2D eigenvalue weighted by Gasteiger charge is -2.01. The summed E-state index contributed by atoms with van der Waals surface area (Å²) >= 11 is 0. The van der Waals surface area contributed by atoms with Gasteiger partial charge in [-0.15, -0.1) is 10.2 Å². The number of aliphatic carboxylic acids is 1. The summed E-state index contributed by atoms with van der Waals surface area (Å²) in [7, 11) is 1.76. The van der Waals surface area contributed by atoms with Crippen molar-refractivity contribution >= 4 is 5.97 Å². The maximum Gasteiger partial charge on any atom is 0.311 e. The molecule has 2 rings (SSSR count). The van der Waals surface area contributed by atoms with Gasteiger partial charge in [-0.05, 0) is 0 Å². The molecular weight excluding hydrogens is 206 g/mol. The Morgan fingerprint density at radius 1 is 1.31 bits per heavy atom. The number of hydrogen-bond acceptors (Lipinski definition) is 3. The van der Waals surface area contributed by atoms with Crippen molar-refractivity contribution < 1.29 is 9.90 Å². The number of aromatic nitrogens is 3. The third kappa shape index (κ3) is 1.93. The first-order chi connectivity index (χ1) is 7.68. The van der Waals surface area contributed by atoms with Gasteiger partial charge >= 0.3 is 5.97 Å². The average Bonchev–Trinajstić information content (AvgIpc) is 2.61. The third-order valence-corrected chi connectivity index (χ3v) is 2.31. The Balaban J connectivity index is 2.37. The Kier molecular flexibility index (Phi) is 2.68. The number of carboxylic acids is 1. The molecule has 0 bridgehead atoms. The fourth-order valence-corrected chi connectivity index (χ4v) is 1.49. The van der Waals surface area contributed by atoms with Gasteiger partial charge in [0.05, 0.1) is 0 Å². The second kappa shape index (κ2) is 4.14. The minimum Gasteiger partial charge on any atom is -0.481 e. The van der Waals surface area contributed by atoms with Crippen LogP contribution in [0.2, 0.25) is 0 Å². The van der Waals surface area contributed by atoms with Crippen LogP contribution >= 0.6 is 0 Å². The monoisotopic (exact) mass is 217 g/mol. The minimum atomic E-state index is -0.907. The first-order valence-corrected chi connectivity index (χ1v) is 4.84. The summed E-state index contributed by atoms with van der Waals surface area (Å²) in [6, 6.07) is 9.54. The van der Waals surface area contributed by atoms with E-state index in [4.69, 9.17) is 5.11 Å². The molecule has 0 aliphatic heterocycles. The zero-order chi connectivity index (χ0) is 11.5. The highest BCUT2D eigenvalue weighted by Gasteiger charge is 2.12. The number of carbonyl (C=O) groups is 1. The van der Waals surface area contributed by atoms with Crippen molar-refractivity contribution in [3.05, 3.63) is 36.2 Å². The zero-order valence-corrected chi connectivity index (χ0v) is 8.79. The Bertz CT molecular complexity index is 505. The van der Waals surface area contributed by atoms with E-state index >= 15 is 0 Å². The Morgan fingerprint density at radius 2 is 2.00 bits per heavy atom. The Morgan fingerprint density at radius 3 is 2.62 bits per heavy atom. The smallest absolute Gasteiger partial charge is 0.311 e. The van der Waals surface area contributed by atoms with Crippen LogP contribution in [-0.4, -0.2) is 25.8 Å². The molecule has 1 heterocycles. The molecule has 0 unspecified atom stereocenters. The van der Waals surface area contributed by atoms with E-state index in [0.29, 0.717) is 11.6 Å². The summed E-state index contributed by atoms with van der Waals surface area (Å²) < 4.78 is 1.70. The molecule has 0 saturated carbocycles. The molecule has 2 aromatic rings. The summed E-state index contributed by atoms with van der Waals surface area (Å²) in [5.74, 6) is 0.221. The summed E-state index contributed by atoms with van der Waals surface area (Å²) in [5.41, 5.74) is 0.925. The van der Waals surface area contributed by atoms with E-state index < -0.39 is 5.97 Å². The van der Waals surface area contributed by atoms with Gasteiger partial charge in [0.25, 0.3) is 0 Å². The molecule has 1 aromatic carbocycles. The molecule has 1 N–H and O–H groups in total. The number of rotatable bonds is 3. The van der Waals surface area contributed by atoms with E-state index in [9.17, 15) is 4.79 Å². The molecule has 5 nitrogen and oxygen atoms in total. The van der Waals surface area contributed by atoms with Gasteiger partial charge in [0.2, 0.25) is 0 Å². The molecule has 0 spiro atoms. The van der Waals surface area contributed by atoms with Gasteiger partial charge in [0, 0.05) is 12.6 Å². The maximum absolute atomic E-state index is 10.6. The van der Waals surface area contributed by atoms with Gasteiger partial charge in [-0.1, -0.05) is 30.3 Å². The van der Waals surface area contributed by atoms with Crippen LogP contribution in [0, 0.1) is 0 Å². The van der Waals surface area contributed by atoms with E-state index in [1.807, 2.05) is 30.3 Å². The first-order valence-electron chi connectivity index (χ1n) is 4.84. The predicted molar refractivity (Wildman–Crippen MR) is 57.8 cm³/mol. The average molecular weight is 217 g/mol. The number of hydrogen-bond donors (Lipinski definition) is 1. The summed E-state index contributed by atoms with van der Waals surface area (Å²) in [6.45, 7) is 0. The van der Waals surface area contributed by atoms with Crippen molar-refractivity contribution in [2.24, 2.45) is 7.05 Å². The van der Waals surface area contributed by atoms with Crippen molar-refractivity contribution in [2.75, 3.05) is 0 Å². The largest absolute Gasteiger partial charge is 0.481 e. The Hall–Kier alpha value is -2.17. The van der Waals surface area contributed by atoms with E-state index in [1.54, 1.807) is 11.6 Å². The summed E-state index contributed by atoms with van der Waals surface area (Å²) in [5, 5.41) is 16.5. The normalized spacial score (nSPS) is 10.3. The molecule has 0 amide bonds. The number of benzene rings is 1. The molecule has 0 aliphatic carbocycles. The fourth-order valence-electron chi connectivity index (χ4n) is 1.49. The topological polar surface area (TPSA) is 68.0 Å². The van der Waals surface area contributed by atoms with E-state index in [0.717, 1.165) is 5.56 Å². The van der Waals surface area contributed by atoms with Crippen LogP contribution in [0.25, 0.3) is 11.4 Å². The molecule has 0 aliphatic rings. The van der Waals surface area contributed by atoms with Crippen LogP contribution < -0.4 is 0 Å². The predicted octanol–water partition coefficient (Wildman–Crippen LogP) is 1.11. The van der Waals surface area contributed by atoms with E-state index in [-0.39, 0.29) is 6.42 Å². The minimum absolute atomic E-state index is 0.115. The summed E-state index contributed by atoms with van der Waals surface area (Å²) in [4.78, 5) is 10.6. The highest BCUT2D eigenvalue weighted by atomic mass is 16.4. The van der Waals surface area contributed by atoms with Crippen LogP contribution in [0.5, 0.6) is 0 Å². The van der Waals surface area contributed by atoms with Gasteiger partial charge < -0.3 is 9.67 Å². The first kappa shape index (κ1) is 10.4. The second-order valence-electron chi connectivity index (χ2n) is 3.44. The molecule has 0 atom stereocenters. The van der Waals surface area contributed by atoms with E-state index in [1.165, 1.54) is 0 Å². The standard InChI is InChI=1S/C11H11N3O2/c1-14-9(7-10(15)16)12-13-11(14)8-5-3-2-4-6-8/h2-6H,7H2,1H3,(H,15,16). The molecule has 82 valence electrons. The van der Waals surface area contributed by atoms with Crippen molar-refractivity contribution in [3.63, 3.8) is 0 Å². The molecule has 0 saturated heterocycles. The zero-order valence-electron chi connectivity index (χ0n) is 8.79. The molecule has 1 aromatic heterocycles. The van der Waals surface area contributed by atoms with Crippen molar-refractivity contribution in [2.45, 2.75) is 6.42 Å². The van der Waals surface area contributed by atoms with Gasteiger partial charge in [-0.2, -0.15) is 0 Å². The number of nitrogens with zero attached hydrogens (tertiary/aromatic N) is 3. The SMILES string of the molecule is Cn1c(CC(=O)O)nnc1-c1ccccc1. The molecule has 16 heavy (non-hydrogen) atoms. The lowest BCUT2D eigenvalue weighted by Crippen LogP contribution is -2.07. The van der Waals surface area contributed by atoms with Crippen LogP contribution in [0.4, 0.5) is 0 Å². The quantitative estimate of drug-likeness (QED) is 0.836. The highest BCUT2D eigenvalue weighted by Crippen LogP contribution is 2.16.